The fourth-order valence-electron chi connectivity index (χ4n) is 5.61. The Bertz CT molecular complexity index is 1850. The summed E-state index contributed by atoms with van der Waals surface area (Å²) in [5.41, 5.74) is 10.0. The maximum absolute atomic E-state index is 2.47. The van der Waals surface area contributed by atoms with Crippen LogP contribution in [0.3, 0.4) is 0 Å². The Labute approximate surface area is 245 Å². The minimum absolute atomic E-state index is 0.0573. The van der Waals surface area contributed by atoms with E-state index < -0.39 is 0 Å². The zero-order valence-electron chi connectivity index (χ0n) is 24.6. The average molecular weight is 567 g/mol. The van der Waals surface area contributed by atoms with E-state index in [9.17, 15) is 0 Å². The van der Waals surface area contributed by atoms with Crippen LogP contribution >= 0.6 is 34.0 Å². The van der Waals surface area contributed by atoms with Gasteiger partial charge in [-0.1, -0.05) is 86.6 Å². The highest BCUT2D eigenvalue weighted by molar-refractivity contribution is 7.20. The van der Waals surface area contributed by atoms with Crippen molar-refractivity contribution in [3.63, 3.8) is 0 Å². The summed E-state index contributed by atoms with van der Waals surface area (Å²) in [5, 5.41) is 11.2. The van der Waals surface area contributed by atoms with Crippen molar-refractivity contribution in [1.82, 2.24) is 0 Å². The van der Waals surface area contributed by atoms with Crippen molar-refractivity contribution < 1.29 is 0 Å². The largest absolute Gasteiger partial charge is 0.143 e. The SMILES string of the molecule is CC(C)(C)c1ccc2c(-c3cc(C(C)(C)C)cc4c(-c5ccc(C(C)(C)C)c6ccsc56)csc34)csc2c1. The summed E-state index contributed by atoms with van der Waals surface area (Å²) in [6.07, 6.45) is 0. The molecule has 0 nitrogen and oxygen atoms in total. The molecule has 0 unspecified atom stereocenters. The molecule has 200 valence electrons. The Hall–Kier alpha value is -2.46. The van der Waals surface area contributed by atoms with Gasteiger partial charge in [-0.05, 0) is 78.7 Å². The van der Waals surface area contributed by atoms with Gasteiger partial charge in [-0.15, -0.1) is 34.0 Å². The maximum atomic E-state index is 2.47. The summed E-state index contributed by atoms with van der Waals surface area (Å²) in [4.78, 5) is 0. The number of thiophene rings is 3. The van der Waals surface area contributed by atoms with Gasteiger partial charge in [0.2, 0.25) is 0 Å². The topological polar surface area (TPSA) is 0 Å². The summed E-state index contributed by atoms with van der Waals surface area (Å²) in [5.74, 6) is 0. The Morgan fingerprint density at radius 3 is 1.82 bits per heavy atom. The van der Waals surface area contributed by atoms with Crippen LogP contribution in [0.15, 0.2) is 64.7 Å². The van der Waals surface area contributed by atoms with Gasteiger partial charge in [-0.3, -0.25) is 0 Å². The molecule has 0 N–H and O–H groups in total. The van der Waals surface area contributed by atoms with Crippen molar-refractivity contribution in [3.05, 3.63) is 81.4 Å². The predicted octanol–water partition coefficient (Wildman–Crippen LogP) is 12.6. The number of benzene rings is 3. The molecule has 0 fully saturated rings. The van der Waals surface area contributed by atoms with Gasteiger partial charge in [0, 0.05) is 47.1 Å². The highest BCUT2D eigenvalue weighted by Gasteiger charge is 2.24. The molecule has 3 heterocycles. The van der Waals surface area contributed by atoms with E-state index >= 15 is 0 Å². The van der Waals surface area contributed by atoms with Crippen molar-refractivity contribution in [2.24, 2.45) is 0 Å². The quantitative estimate of drug-likeness (QED) is 0.195. The van der Waals surface area contributed by atoms with Gasteiger partial charge in [0.1, 0.15) is 0 Å². The molecule has 0 aliphatic heterocycles. The third kappa shape index (κ3) is 4.57. The zero-order chi connectivity index (χ0) is 27.9. The molecule has 0 saturated carbocycles. The lowest BCUT2D eigenvalue weighted by atomic mass is 9.82. The van der Waals surface area contributed by atoms with Gasteiger partial charge in [0.05, 0.1) is 0 Å². The number of rotatable bonds is 2. The third-order valence-electron chi connectivity index (χ3n) is 7.99. The molecule has 0 bridgehead atoms. The van der Waals surface area contributed by atoms with Gasteiger partial charge in [0.25, 0.3) is 0 Å². The standard InChI is InChI=1S/C36H38S3/c1-34(2,3)21-10-11-23-28(19-38-31(23)18-21)26-16-22(35(4,5)6)17-27-29(20-39-33(26)27)24-12-13-30(36(7,8)9)25-14-15-37-32(24)25/h10-20H,1-9H3. The van der Waals surface area contributed by atoms with Crippen LogP contribution in [-0.2, 0) is 16.2 Å². The van der Waals surface area contributed by atoms with Crippen LogP contribution in [0.1, 0.15) is 79.0 Å². The summed E-state index contributed by atoms with van der Waals surface area (Å²) in [6, 6.07) is 19.1. The van der Waals surface area contributed by atoms with Crippen LogP contribution in [0.2, 0.25) is 0 Å². The second kappa shape index (κ2) is 9.03. The van der Waals surface area contributed by atoms with Crippen molar-refractivity contribution in [2.45, 2.75) is 78.6 Å². The summed E-state index contributed by atoms with van der Waals surface area (Å²) < 4.78 is 4.17. The second-order valence-corrected chi connectivity index (χ2v) is 16.7. The molecule has 0 atom stereocenters. The minimum atomic E-state index is 0.0573. The molecule has 3 aromatic carbocycles. The molecule has 39 heavy (non-hydrogen) atoms. The second-order valence-electron chi connectivity index (χ2n) is 14.0. The van der Waals surface area contributed by atoms with E-state index in [0.29, 0.717) is 0 Å². The van der Waals surface area contributed by atoms with Gasteiger partial charge >= 0.3 is 0 Å². The molecule has 0 aliphatic rings. The lowest BCUT2D eigenvalue weighted by Crippen LogP contribution is -2.11. The Morgan fingerprint density at radius 2 is 1.13 bits per heavy atom. The highest BCUT2D eigenvalue weighted by atomic mass is 32.1. The molecule has 0 spiro atoms. The normalized spacial score (nSPS) is 13.3. The number of hydrogen-bond acceptors (Lipinski definition) is 3. The smallest absolute Gasteiger partial charge is 0.0428 e. The summed E-state index contributed by atoms with van der Waals surface area (Å²) in [6.45, 7) is 20.8. The van der Waals surface area contributed by atoms with E-state index in [1.54, 1.807) is 0 Å². The van der Waals surface area contributed by atoms with Crippen molar-refractivity contribution in [3.8, 4) is 22.3 Å². The van der Waals surface area contributed by atoms with Crippen LogP contribution in [0.4, 0.5) is 0 Å². The monoisotopic (exact) mass is 566 g/mol. The minimum Gasteiger partial charge on any atom is -0.143 e. The lowest BCUT2D eigenvalue weighted by Gasteiger charge is -2.22. The lowest BCUT2D eigenvalue weighted by molar-refractivity contribution is 0.591. The van der Waals surface area contributed by atoms with Gasteiger partial charge < -0.3 is 0 Å². The van der Waals surface area contributed by atoms with E-state index in [0.717, 1.165) is 0 Å². The fourth-order valence-corrected chi connectivity index (χ4v) is 8.64. The average Bonchev–Trinajstić information content (AvgIpc) is 3.58. The molecule has 3 heteroatoms. The van der Waals surface area contributed by atoms with Crippen LogP contribution in [0, 0.1) is 0 Å². The first-order valence-electron chi connectivity index (χ1n) is 13.8. The van der Waals surface area contributed by atoms with Gasteiger partial charge in [-0.2, -0.15) is 0 Å². The fraction of sp³-hybridized carbons (Fsp3) is 0.333. The van der Waals surface area contributed by atoms with Crippen LogP contribution in [0.25, 0.3) is 52.5 Å². The van der Waals surface area contributed by atoms with Gasteiger partial charge in [0.15, 0.2) is 0 Å². The van der Waals surface area contributed by atoms with Crippen molar-refractivity contribution in [1.29, 1.82) is 0 Å². The van der Waals surface area contributed by atoms with E-state index in [2.05, 4.69) is 127 Å². The van der Waals surface area contributed by atoms with E-state index in [4.69, 9.17) is 0 Å². The molecule has 6 rings (SSSR count). The molecule has 0 saturated heterocycles. The number of hydrogen-bond donors (Lipinski definition) is 0. The first kappa shape index (κ1) is 26.7. The Morgan fingerprint density at radius 1 is 0.462 bits per heavy atom. The number of fused-ring (bicyclic) bond motifs is 3. The molecular formula is C36H38S3. The molecule has 6 aromatic rings. The maximum Gasteiger partial charge on any atom is 0.0428 e. The molecule has 0 amide bonds. The van der Waals surface area contributed by atoms with Crippen LogP contribution in [-0.4, -0.2) is 0 Å². The van der Waals surface area contributed by atoms with Crippen molar-refractivity contribution >= 4 is 64.3 Å². The van der Waals surface area contributed by atoms with Crippen LogP contribution in [0.5, 0.6) is 0 Å². The van der Waals surface area contributed by atoms with E-state index in [1.807, 2.05) is 34.0 Å². The van der Waals surface area contributed by atoms with Gasteiger partial charge in [-0.25, -0.2) is 0 Å². The zero-order valence-corrected chi connectivity index (χ0v) is 27.0. The third-order valence-corrected chi connectivity index (χ3v) is 10.9. The summed E-state index contributed by atoms with van der Waals surface area (Å²) in [7, 11) is 0. The highest BCUT2D eigenvalue weighted by Crippen LogP contribution is 2.48. The molecule has 0 radical (unpaired) electrons. The Balaban J connectivity index is 1.61. The predicted molar refractivity (Wildman–Crippen MR) is 180 cm³/mol. The van der Waals surface area contributed by atoms with E-state index in [-0.39, 0.29) is 16.2 Å². The molecule has 0 aliphatic carbocycles. The van der Waals surface area contributed by atoms with Crippen LogP contribution < -0.4 is 0 Å². The molecular weight excluding hydrogens is 529 g/mol. The Kier molecular flexibility index (Phi) is 6.19. The first-order chi connectivity index (χ1) is 18.2. The first-order valence-corrected chi connectivity index (χ1v) is 16.5. The molecule has 3 aromatic heterocycles. The van der Waals surface area contributed by atoms with Crippen molar-refractivity contribution in [2.75, 3.05) is 0 Å². The summed E-state index contributed by atoms with van der Waals surface area (Å²) >= 11 is 5.65. The van der Waals surface area contributed by atoms with E-state index in [1.165, 1.54) is 69.2 Å².